The molecular formula is C12H16N6O3. The van der Waals surface area contributed by atoms with Gasteiger partial charge in [-0.15, -0.1) is 0 Å². The average molecular weight is 292 g/mol. The van der Waals surface area contributed by atoms with E-state index in [9.17, 15) is 14.9 Å². The number of rotatable bonds is 5. The number of hydrogen-bond donors (Lipinski definition) is 1. The third-order valence-electron chi connectivity index (χ3n) is 3.16. The number of carbonyl (C=O) groups excluding carboxylic acids is 1. The van der Waals surface area contributed by atoms with Gasteiger partial charge in [0.15, 0.2) is 0 Å². The maximum Gasteiger partial charge on any atom is 0.309 e. The second-order valence-electron chi connectivity index (χ2n) is 4.72. The van der Waals surface area contributed by atoms with Gasteiger partial charge in [0.25, 0.3) is 0 Å². The lowest BCUT2D eigenvalue weighted by atomic mass is 10.2. The quantitative estimate of drug-likeness (QED) is 0.636. The lowest BCUT2D eigenvalue weighted by molar-refractivity contribution is -0.385. The standard InChI is InChI=1S/C12H16N6O3/c1-8-10(6-16(3)15-8)4-13-12(19)7-17-9(2)11(5-14-17)18(20)21/h5-6H,4,7H2,1-3H3,(H,13,19). The van der Waals surface area contributed by atoms with E-state index in [1.54, 1.807) is 11.6 Å². The lowest BCUT2D eigenvalue weighted by Gasteiger charge is -2.05. The summed E-state index contributed by atoms with van der Waals surface area (Å²) >= 11 is 0. The van der Waals surface area contributed by atoms with E-state index >= 15 is 0 Å². The van der Waals surface area contributed by atoms with E-state index in [4.69, 9.17) is 0 Å². The highest BCUT2D eigenvalue weighted by molar-refractivity contribution is 5.75. The molecule has 0 saturated carbocycles. The van der Waals surface area contributed by atoms with Crippen LogP contribution < -0.4 is 5.32 Å². The third kappa shape index (κ3) is 3.25. The van der Waals surface area contributed by atoms with Crippen molar-refractivity contribution in [2.75, 3.05) is 0 Å². The molecule has 0 aromatic carbocycles. The van der Waals surface area contributed by atoms with Gasteiger partial charge in [0.05, 0.1) is 10.6 Å². The first-order valence-electron chi connectivity index (χ1n) is 6.31. The van der Waals surface area contributed by atoms with Crippen molar-refractivity contribution in [3.8, 4) is 0 Å². The molecule has 0 aliphatic carbocycles. The number of aryl methyl sites for hydroxylation is 2. The van der Waals surface area contributed by atoms with Crippen LogP contribution in [0.15, 0.2) is 12.4 Å². The SMILES string of the molecule is Cc1nn(C)cc1CNC(=O)Cn1ncc([N+](=O)[O-])c1C. The summed E-state index contributed by atoms with van der Waals surface area (Å²) in [5.41, 5.74) is 2.04. The molecule has 2 heterocycles. The highest BCUT2D eigenvalue weighted by atomic mass is 16.6. The molecule has 21 heavy (non-hydrogen) atoms. The van der Waals surface area contributed by atoms with Gasteiger partial charge in [-0.05, 0) is 13.8 Å². The normalized spacial score (nSPS) is 10.6. The molecule has 0 aliphatic heterocycles. The van der Waals surface area contributed by atoms with Crippen LogP contribution in [0.4, 0.5) is 5.69 Å². The summed E-state index contributed by atoms with van der Waals surface area (Å²) in [7, 11) is 1.81. The molecule has 0 radical (unpaired) electrons. The van der Waals surface area contributed by atoms with Crippen LogP contribution in [0.25, 0.3) is 0 Å². The average Bonchev–Trinajstić information content (AvgIpc) is 2.91. The monoisotopic (exact) mass is 292 g/mol. The maximum absolute atomic E-state index is 11.9. The van der Waals surface area contributed by atoms with E-state index in [0.717, 1.165) is 17.5 Å². The first-order valence-corrected chi connectivity index (χ1v) is 6.31. The molecule has 2 aromatic rings. The van der Waals surface area contributed by atoms with Gasteiger partial charge in [0.2, 0.25) is 5.91 Å². The molecule has 0 unspecified atom stereocenters. The summed E-state index contributed by atoms with van der Waals surface area (Å²) in [6, 6.07) is 0. The molecule has 9 nitrogen and oxygen atoms in total. The molecule has 0 saturated heterocycles. The molecule has 0 bridgehead atoms. The van der Waals surface area contributed by atoms with Gasteiger partial charge in [-0.2, -0.15) is 10.2 Å². The van der Waals surface area contributed by atoms with Crippen molar-refractivity contribution >= 4 is 11.6 Å². The molecule has 0 aliphatic rings. The largest absolute Gasteiger partial charge is 0.350 e. The molecule has 9 heteroatoms. The van der Waals surface area contributed by atoms with Crippen LogP contribution in [-0.2, 0) is 24.9 Å². The number of nitro groups is 1. The molecule has 2 rings (SSSR count). The number of amides is 1. The Morgan fingerprint density at radius 2 is 2.19 bits per heavy atom. The van der Waals surface area contributed by atoms with Crippen molar-refractivity contribution in [3.63, 3.8) is 0 Å². The van der Waals surface area contributed by atoms with E-state index in [2.05, 4.69) is 15.5 Å². The van der Waals surface area contributed by atoms with Crippen LogP contribution >= 0.6 is 0 Å². The Balaban J connectivity index is 1.96. The Hall–Kier alpha value is -2.71. The van der Waals surface area contributed by atoms with Gasteiger partial charge in [-0.3, -0.25) is 24.3 Å². The number of aromatic nitrogens is 4. The summed E-state index contributed by atoms with van der Waals surface area (Å²) in [6.45, 7) is 3.73. The zero-order valence-electron chi connectivity index (χ0n) is 12.0. The minimum atomic E-state index is -0.518. The Morgan fingerprint density at radius 1 is 1.48 bits per heavy atom. The Bertz CT molecular complexity index is 687. The molecule has 0 atom stereocenters. The molecule has 0 spiro atoms. The predicted octanol–water partition coefficient (Wildman–Crippen LogP) is 0.458. The molecular weight excluding hydrogens is 276 g/mol. The van der Waals surface area contributed by atoms with E-state index in [1.165, 1.54) is 4.68 Å². The van der Waals surface area contributed by atoms with Crippen molar-refractivity contribution in [3.05, 3.63) is 39.5 Å². The van der Waals surface area contributed by atoms with E-state index in [0.29, 0.717) is 12.2 Å². The fraction of sp³-hybridized carbons (Fsp3) is 0.417. The van der Waals surface area contributed by atoms with Crippen molar-refractivity contribution in [2.45, 2.75) is 26.9 Å². The van der Waals surface area contributed by atoms with Gasteiger partial charge in [0.1, 0.15) is 18.4 Å². The smallest absolute Gasteiger partial charge is 0.309 e. The molecule has 1 amide bonds. The highest BCUT2D eigenvalue weighted by Crippen LogP contribution is 2.15. The van der Waals surface area contributed by atoms with Gasteiger partial charge in [-0.1, -0.05) is 0 Å². The highest BCUT2D eigenvalue weighted by Gasteiger charge is 2.17. The second kappa shape index (κ2) is 5.73. The van der Waals surface area contributed by atoms with E-state index in [-0.39, 0.29) is 18.1 Å². The first-order chi connectivity index (χ1) is 9.88. The zero-order valence-corrected chi connectivity index (χ0v) is 12.0. The van der Waals surface area contributed by atoms with Crippen LogP contribution in [0.5, 0.6) is 0 Å². The fourth-order valence-electron chi connectivity index (χ4n) is 1.98. The van der Waals surface area contributed by atoms with Crippen LogP contribution in [-0.4, -0.2) is 30.4 Å². The summed E-state index contributed by atoms with van der Waals surface area (Å²) < 4.78 is 2.99. The number of carbonyl (C=O) groups is 1. The number of nitrogens with one attached hydrogen (secondary N) is 1. The van der Waals surface area contributed by atoms with Gasteiger partial charge >= 0.3 is 5.69 Å². The number of hydrogen-bond acceptors (Lipinski definition) is 5. The minimum Gasteiger partial charge on any atom is -0.350 e. The van der Waals surface area contributed by atoms with E-state index in [1.807, 2.05) is 20.2 Å². The van der Waals surface area contributed by atoms with Crippen molar-refractivity contribution in [1.82, 2.24) is 24.9 Å². The predicted molar refractivity (Wildman–Crippen MR) is 73.4 cm³/mol. The van der Waals surface area contributed by atoms with Crippen LogP contribution in [0.1, 0.15) is 17.0 Å². The maximum atomic E-state index is 11.9. The molecule has 1 N–H and O–H groups in total. The van der Waals surface area contributed by atoms with Crippen LogP contribution in [0.2, 0.25) is 0 Å². The lowest BCUT2D eigenvalue weighted by Crippen LogP contribution is -2.28. The fourth-order valence-corrected chi connectivity index (χ4v) is 1.98. The second-order valence-corrected chi connectivity index (χ2v) is 4.72. The summed E-state index contributed by atoms with van der Waals surface area (Å²) in [4.78, 5) is 22.1. The van der Waals surface area contributed by atoms with Crippen molar-refractivity contribution in [2.24, 2.45) is 7.05 Å². The van der Waals surface area contributed by atoms with Crippen LogP contribution in [0, 0.1) is 24.0 Å². The van der Waals surface area contributed by atoms with Crippen molar-refractivity contribution < 1.29 is 9.72 Å². The summed E-state index contributed by atoms with van der Waals surface area (Å²) in [6.07, 6.45) is 2.98. The summed E-state index contributed by atoms with van der Waals surface area (Å²) in [5, 5.41) is 21.5. The third-order valence-corrected chi connectivity index (χ3v) is 3.16. The molecule has 0 fully saturated rings. The van der Waals surface area contributed by atoms with E-state index < -0.39 is 4.92 Å². The Morgan fingerprint density at radius 3 is 2.71 bits per heavy atom. The Labute approximate surface area is 120 Å². The van der Waals surface area contributed by atoms with Gasteiger partial charge in [-0.25, -0.2) is 0 Å². The topological polar surface area (TPSA) is 108 Å². The molecule has 2 aromatic heterocycles. The molecule has 112 valence electrons. The van der Waals surface area contributed by atoms with Gasteiger partial charge in [0, 0.05) is 25.4 Å². The number of nitrogens with zero attached hydrogens (tertiary/aromatic N) is 5. The minimum absolute atomic E-state index is 0.0566. The van der Waals surface area contributed by atoms with Crippen LogP contribution in [0.3, 0.4) is 0 Å². The first kappa shape index (κ1) is 14.7. The zero-order chi connectivity index (χ0) is 15.6. The Kier molecular flexibility index (Phi) is 4.01. The summed E-state index contributed by atoms with van der Waals surface area (Å²) in [5.74, 6) is -0.264. The van der Waals surface area contributed by atoms with Crippen molar-refractivity contribution in [1.29, 1.82) is 0 Å². The van der Waals surface area contributed by atoms with Gasteiger partial charge < -0.3 is 5.32 Å².